The number of rotatable bonds is 2. The fourth-order valence-corrected chi connectivity index (χ4v) is 3.06. The summed E-state index contributed by atoms with van der Waals surface area (Å²) in [6.45, 7) is 10.1. The van der Waals surface area contributed by atoms with E-state index in [4.69, 9.17) is 5.73 Å². The van der Waals surface area contributed by atoms with Gasteiger partial charge in [0, 0.05) is 25.3 Å². The summed E-state index contributed by atoms with van der Waals surface area (Å²) in [5.74, 6) is 0.848. The molecule has 1 fully saturated rings. The lowest BCUT2D eigenvalue weighted by Gasteiger charge is -2.30. The van der Waals surface area contributed by atoms with Crippen LogP contribution in [-0.2, 0) is 6.54 Å². The Hall–Kier alpha value is -1.02. The summed E-state index contributed by atoms with van der Waals surface area (Å²) in [6, 6.07) is 8.75. The van der Waals surface area contributed by atoms with Crippen molar-refractivity contribution < 1.29 is 0 Å². The minimum atomic E-state index is 0.444. The number of hydrogen-bond donors (Lipinski definition) is 1. The minimum absolute atomic E-state index is 0.444. The van der Waals surface area contributed by atoms with Crippen LogP contribution in [0.25, 0.3) is 0 Å². The second-order valence-electron chi connectivity index (χ2n) is 6.85. The van der Waals surface area contributed by atoms with E-state index in [1.54, 1.807) is 0 Å². The second-order valence-corrected chi connectivity index (χ2v) is 6.85. The molecule has 1 aromatic rings. The summed E-state index contributed by atoms with van der Waals surface area (Å²) >= 11 is 0. The van der Waals surface area contributed by atoms with E-state index >= 15 is 0 Å². The predicted molar refractivity (Wildman–Crippen MR) is 83.3 cm³/mol. The first-order valence-corrected chi connectivity index (χ1v) is 7.54. The Morgan fingerprint density at radius 3 is 2.37 bits per heavy atom. The number of anilines is 1. The first kappa shape index (κ1) is 14.4. The summed E-state index contributed by atoms with van der Waals surface area (Å²) in [5, 5.41) is 0. The van der Waals surface area contributed by atoms with Crippen LogP contribution in [0.1, 0.15) is 45.6 Å². The normalized spacial score (nSPS) is 21.3. The van der Waals surface area contributed by atoms with Gasteiger partial charge in [-0.1, -0.05) is 32.9 Å². The van der Waals surface area contributed by atoms with Crippen LogP contribution in [0.15, 0.2) is 24.3 Å². The smallest absolute Gasteiger partial charge is 0.0366 e. The molecular formula is C17H28N2. The van der Waals surface area contributed by atoms with Gasteiger partial charge in [-0.15, -0.1) is 0 Å². The highest BCUT2D eigenvalue weighted by molar-refractivity contribution is 5.47. The Balaban J connectivity index is 2.02. The van der Waals surface area contributed by atoms with Crippen LogP contribution in [0, 0.1) is 11.3 Å². The Bertz CT molecular complexity index is 389. The van der Waals surface area contributed by atoms with E-state index in [2.05, 4.69) is 49.9 Å². The molecule has 1 unspecified atom stereocenters. The van der Waals surface area contributed by atoms with E-state index in [0.717, 1.165) is 5.92 Å². The Morgan fingerprint density at radius 2 is 1.79 bits per heavy atom. The molecule has 1 heterocycles. The van der Waals surface area contributed by atoms with Crippen molar-refractivity contribution in [1.82, 2.24) is 0 Å². The zero-order chi connectivity index (χ0) is 13.9. The molecule has 2 nitrogen and oxygen atoms in total. The molecule has 2 rings (SSSR count). The first-order valence-electron chi connectivity index (χ1n) is 7.54. The molecule has 1 aliphatic rings. The highest BCUT2D eigenvalue weighted by Gasteiger charge is 2.26. The number of hydrogen-bond acceptors (Lipinski definition) is 2. The summed E-state index contributed by atoms with van der Waals surface area (Å²) in [5.41, 5.74) is 8.67. The minimum Gasteiger partial charge on any atom is -0.372 e. The van der Waals surface area contributed by atoms with Crippen LogP contribution in [0.2, 0.25) is 0 Å². The fourth-order valence-electron chi connectivity index (χ4n) is 3.06. The van der Waals surface area contributed by atoms with Gasteiger partial charge in [-0.2, -0.15) is 0 Å². The summed E-state index contributed by atoms with van der Waals surface area (Å²) in [6.07, 6.45) is 3.98. The standard InChI is InChI=1S/C17H28N2/c1-17(2,3)15-5-4-11-19(12-10-15)16-8-6-14(13-18)7-9-16/h6-9,15H,4-5,10-13,18H2,1-3H3. The van der Waals surface area contributed by atoms with Gasteiger partial charge in [-0.3, -0.25) is 0 Å². The van der Waals surface area contributed by atoms with Gasteiger partial charge >= 0.3 is 0 Å². The van der Waals surface area contributed by atoms with Gasteiger partial charge in [-0.25, -0.2) is 0 Å². The van der Waals surface area contributed by atoms with E-state index in [1.807, 2.05) is 0 Å². The maximum Gasteiger partial charge on any atom is 0.0366 e. The van der Waals surface area contributed by atoms with E-state index in [9.17, 15) is 0 Å². The van der Waals surface area contributed by atoms with Crippen LogP contribution in [0.5, 0.6) is 0 Å². The molecule has 0 amide bonds. The van der Waals surface area contributed by atoms with Crippen LogP contribution in [-0.4, -0.2) is 13.1 Å². The molecule has 2 heteroatoms. The van der Waals surface area contributed by atoms with Crippen molar-refractivity contribution in [2.75, 3.05) is 18.0 Å². The van der Waals surface area contributed by atoms with Gasteiger partial charge in [0.1, 0.15) is 0 Å². The van der Waals surface area contributed by atoms with E-state index < -0.39 is 0 Å². The van der Waals surface area contributed by atoms with Crippen LogP contribution >= 0.6 is 0 Å². The average Bonchev–Trinajstić information content (AvgIpc) is 2.64. The molecule has 1 aromatic carbocycles. The van der Waals surface area contributed by atoms with Crippen molar-refractivity contribution in [3.05, 3.63) is 29.8 Å². The average molecular weight is 260 g/mol. The van der Waals surface area contributed by atoms with Crippen molar-refractivity contribution in [3.63, 3.8) is 0 Å². The van der Waals surface area contributed by atoms with E-state index in [1.165, 1.54) is 43.6 Å². The first-order chi connectivity index (χ1) is 9.00. The van der Waals surface area contributed by atoms with Gasteiger partial charge < -0.3 is 10.6 Å². The zero-order valence-electron chi connectivity index (χ0n) is 12.7. The number of nitrogens with two attached hydrogens (primary N) is 1. The second kappa shape index (κ2) is 5.96. The molecule has 19 heavy (non-hydrogen) atoms. The molecule has 0 radical (unpaired) electrons. The Labute approximate surface area is 118 Å². The van der Waals surface area contributed by atoms with Crippen LogP contribution in [0.4, 0.5) is 5.69 Å². The quantitative estimate of drug-likeness (QED) is 0.876. The summed E-state index contributed by atoms with van der Waals surface area (Å²) in [7, 11) is 0. The molecule has 2 N–H and O–H groups in total. The Morgan fingerprint density at radius 1 is 1.11 bits per heavy atom. The predicted octanol–water partition coefficient (Wildman–Crippen LogP) is 3.80. The Kier molecular flexibility index (Phi) is 4.51. The van der Waals surface area contributed by atoms with Crippen molar-refractivity contribution in [2.24, 2.45) is 17.1 Å². The topological polar surface area (TPSA) is 29.3 Å². The fraction of sp³-hybridized carbons (Fsp3) is 0.647. The molecule has 1 atom stereocenters. The molecule has 0 aliphatic carbocycles. The lowest BCUT2D eigenvalue weighted by Crippen LogP contribution is -2.26. The molecule has 0 bridgehead atoms. The van der Waals surface area contributed by atoms with E-state index in [0.29, 0.717) is 12.0 Å². The van der Waals surface area contributed by atoms with Crippen LogP contribution < -0.4 is 10.6 Å². The largest absolute Gasteiger partial charge is 0.372 e. The van der Waals surface area contributed by atoms with E-state index in [-0.39, 0.29) is 0 Å². The monoisotopic (exact) mass is 260 g/mol. The van der Waals surface area contributed by atoms with Crippen molar-refractivity contribution in [1.29, 1.82) is 0 Å². The zero-order valence-corrected chi connectivity index (χ0v) is 12.7. The van der Waals surface area contributed by atoms with Crippen molar-refractivity contribution in [2.45, 2.75) is 46.6 Å². The highest BCUT2D eigenvalue weighted by atomic mass is 15.1. The lowest BCUT2D eigenvalue weighted by molar-refractivity contribution is 0.220. The van der Waals surface area contributed by atoms with Gasteiger partial charge in [0.2, 0.25) is 0 Å². The molecule has 106 valence electrons. The SMILES string of the molecule is CC(C)(C)C1CCCN(c2ccc(CN)cc2)CC1. The maximum absolute atomic E-state index is 5.66. The third-order valence-corrected chi connectivity index (χ3v) is 4.49. The third kappa shape index (κ3) is 3.73. The molecule has 1 aliphatic heterocycles. The molecule has 0 spiro atoms. The van der Waals surface area contributed by atoms with Crippen molar-refractivity contribution >= 4 is 5.69 Å². The molecule has 0 aromatic heterocycles. The number of benzene rings is 1. The van der Waals surface area contributed by atoms with Gasteiger partial charge in [-0.05, 0) is 48.3 Å². The molecular weight excluding hydrogens is 232 g/mol. The maximum atomic E-state index is 5.66. The van der Waals surface area contributed by atoms with Crippen molar-refractivity contribution in [3.8, 4) is 0 Å². The summed E-state index contributed by atoms with van der Waals surface area (Å²) < 4.78 is 0. The molecule has 0 saturated carbocycles. The number of nitrogens with zero attached hydrogens (tertiary/aromatic N) is 1. The highest BCUT2D eigenvalue weighted by Crippen LogP contribution is 2.35. The molecule has 1 saturated heterocycles. The lowest BCUT2D eigenvalue weighted by atomic mass is 9.77. The van der Waals surface area contributed by atoms with Gasteiger partial charge in [0.05, 0.1) is 0 Å². The van der Waals surface area contributed by atoms with Crippen LogP contribution in [0.3, 0.4) is 0 Å². The third-order valence-electron chi connectivity index (χ3n) is 4.49. The summed E-state index contributed by atoms with van der Waals surface area (Å²) in [4.78, 5) is 2.53. The van der Waals surface area contributed by atoms with Gasteiger partial charge in [0.25, 0.3) is 0 Å². The van der Waals surface area contributed by atoms with Gasteiger partial charge in [0.15, 0.2) is 0 Å².